The Balaban J connectivity index is 1.96. The second kappa shape index (κ2) is 3.38. The number of rotatable bonds is 1. The van der Waals surface area contributed by atoms with E-state index >= 15 is 0 Å². The molecule has 3 rings (SSSR count). The van der Waals surface area contributed by atoms with Crippen molar-refractivity contribution in [1.29, 1.82) is 0 Å². The molecule has 5 nitrogen and oxygen atoms in total. The average Bonchev–Trinajstić information content (AvgIpc) is 2.84. The van der Waals surface area contributed by atoms with Crippen LogP contribution in [0, 0.1) is 0 Å². The zero-order valence-electron chi connectivity index (χ0n) is 10.1. The first-order valence-electron chi connectivity index (χ1n) is 5.78. The molecule has 17 heavy (non-hydrogen) atoms. The standard InChI is InChI=1S/C12H16O5/c1-7(13)8-12(5-4-6-14-12)9-10(15-8)17-11(2,3)16-9/h4-5,8-10H,6H2,1-3H3/t8-,9+,10-,12-/m1/s1. The van der Waals surface area contributed by atoms with Gasteiger partial charge in [0.2, 0.25) is 0 Å². The zero-order chi connectivity index (χ0) is 12.3. The molecule has 3 heterocycles. The molecule has 0 radical (unpaired) electrons. The summed E-state index contributed by atoms with van der Waals surface area (Å²) in [7, 11) is 0. The number of fused-ring (bicyclic) bond motifs is 2. The van der Waals surface area contributed by atoms with Gasteiger partial charge < -0.3 is 18.9 Å². The van der Waals surface area contributed by atoms with E-state index in [-0.39, 0.29) is 11.9 Å². The zero-order valence-corrected chi connectivity index (χ0v) is 10.1. The number of hydrogen-bond donors (Lipinski definition) is 0. The minimum absolute atomic E-state index is 0.0732. The Bertz CT molecular complexity index is 388. The molecule has 94 valence electrons. The van der Waals surface area contributed by atoms with E-state index in [0.29, 0.717) is 6.61 Å². The highest BCUT2D eigenvalue weighted by atomic mass is 16.8. The highest BCUT2D eigenvalue weighted by molar-refractivity contribution is 5.83. The van der Waals surface area contributed by atoms with E-state index in [1.165, 1.54) is 6.92 Å². The van der Waals surface area contributed by atoms with Crippen LogP contribution in [0.15, 0.2) is 12.2 Å². The maximum atomic E-state index is 11.6. The summed E-state index contributed by atoms with van der Waals surface area (Å²) in [4.78, 5) is 11.6. The first-order chi connectivity index (χ1) is 7.95. The number of carbonyl (C=O) groups excluding carboxylic acids is 1. The van der Waals surface area contributed by atoms with Crippen LogP contribution >= 0.6 is 0 Å². The molecule has 0 bridgehead atoms. The molecule has 2 fully saturated rings. The summed E-state index contributed by atoms with van der Waals surface area (Å²) in [5.74, 6) is -0.778. The van der Waals surface area contributed by atoms with Gasteiger partial charge in [-0.3, -0.25) is 4.79 Å². The minimum atomic E-state index is -0.815. The van der Waals surface area contributed by atoms with Gasteiger partial charge in [0.05, 0.1) is 6.61 Å². The predicted molar refractivity (Wildman–Crippen MR) is 57.2 cm³/mol. The van der Waals surface area contributed by atoms with Crippen molar-refractivity contribution in [3.05, 3.63) is 12.2 Å². The third-order valence-corrected chi connectivity index (χ3v) is 3.36. The fourth-order valence-corrected chi connectivity index (χ4v) is 2.75. The SMILES string of the molecule is CC(=O)[C@H]1O[C@@H]2OC(C)(C)O[C@@H]2[C@@]12C=CCO2. The first kappa shape index (κ1) is 11.3. The number of Topliss-reactive ketones (excluding diaryl/α,β-unsaturated/α-hetero) is 1. The number of hydrogen-bond acceptors (Lipinski definition) is 5. The molecule has 3 aliphatic heterocycles. The van der Waals surface area contributed by atoms with Crippen LogP contribution < -0.4 is 0 Å². The normalized spacial score (nSPS) is 46.6. The molecule has 0 aromatic carbocycles. The quantitative estimate of drug-likeness (QED) is 0.634. The van der Waals surface area contributed by atoms with Crippen molar-refractivity contribution < 1.29 is 23.7 Å². The van der Waals surface area contributed by atoms with Crippen LogP contribution in [-0.4, -0.2) is 42.3 Å². The van der Waals surface area contributed by atoms with Gasteiger partial charge in [-0.05, 0) is 26.8 Å². The Kier molecular flexibility index (Phi) is 2.26. The lowest BCUT2D eigenvalue weighted by atomic mass is 9.90. The fraction of sp³-hybridized carbons (Fsp3) is 0.750. The molecule has 0 amide bonds. The Morgan fingerprint density at radius 2 is 2.12 bits per heavy atom. The van der Waals surface area contributed by atoms with Crippen LogP contribution in [0.2, 0.25) is 0 Å². The van der Waals surface area contributed by atoms with Crippen LogP contribution in [0.1, 0.15) is 20.8 Å². The Hall–Kier alpha value is -0.750. The van der Waals surface area contributed by atoms with Crippen molar-refractivity contribution in [2.75, 3.05) is 6.61 Å². The van der Waals surface area contributed by atoms with Gasteiger partial charge in [0, 0.05) is 0 Å². The molecular weight excluding hydrogens is 224 g/mol. The van der Waals surface area contributed by atoms with Crippen LogP contribution in [0.25, 0.3) is 0 Å². The van der Waals surface area contributed by atoms with Crippen LogP contribution in [0.4, 0.5) is 0 Å². The largest absolute Gasteiger partial charge is 0.361 e. The van der Waals surface area contributed by atoms with E-state index in [2.05, 4.69) is 0 Å². The van der Waals surface area contributed by atoms with Crippen molar-refractivity contribution >= 4 is 5.78 Å². The van der Waals surface area contributed by atoms with E-state index in [0.717, 1.165) is 0 Å². The lowest BCUT2D eigenvalue weighted by Gasteiger charge is -2.31. The summed E-state index contributed by atoms with van der Waals surface area (Å²) in [5, 5.41) is 0. The number of carbonyl (C=O) groups is 1. The van der Waals surface area contributed by atoms with Gasteiger partial charge in [-0.25, -0.2) is 0 Å². The van der Waals surface area contributed by atoms with Crippen LogP contribution in [-0.2, 0) is 23.7 Å². The lowest BCUT2D eigenvalue weighted by molar-refractivity contribution is -0.224. The van der Waals surface area contributed by atoms with Gasteiger partial charge >= 0.3 is 0 Å². The maximum Gasteiger partial charge on any atom is 0.191 e. The van der Waals surface area contributed by atoms with Crippen LogP contribution in [0.3, 0.4) is 0 Å². The molecule has 0 N–H and O–H groups in total. The van der Waals surface area contributed by atoms with E-state index in [9.17, 15) is 4.79 Å². The van der Waals surface area contributed by atoms with E-state index in [1.807, 2.05) is 26.0 Å². The Morgan fingerprint density at radius 3 is 2.71 bits per heavy atom. The summed E-state index contributed by atoms with van der Waals surface area (Å²) in [5.41, 5.74) is -0.815. The smallest absolute Gasteiger partial charge is 0.191 e. The van der Waals surface area contributed by atoms with Gasteiger partial charge in [0.1, 0.15) is 6.10 Å². The summed E-state index contributed by atoms with van der Waals surface area (Å²) in [6.45, 7) is 5.61. The van der Waals surface area contributed by atoms with Gasteiger partial charge in [-0.15, -0.1) is 0 Å². The van der Waals surface area contributed by atoms with Gasteiger partial charge in [0.25, 0.3) is 0 Å². The van der Waals surface area contributed by atoms with Crippen molar-refractivity contribution in [2.45, 2.75) is 50.7 Å². The van der Waals surface area contributed by atoms with E-state index in [4.69, 9.17) is 18.9 Å². The van der Waals surface area contributed by atoms with Gasteiger partial charge in [0.15, 0.2) is 29.6 Å². The van der Waals surface area contributed by atoms with E-state index < -0.39 is 23.8 Å². The highest BCUT2D eigenvalue weighted by Crippen LogP contribution is 2.47. The summed E-state index contributed by atoms with van der Waals surface area (Å²) in [6.07, 6.45) is 2.18. The number of ether oxygens (including phenoxy) is 4. The topological polar surface area (TPSA) is 54.0 Å². The van der Waals surface area contributed by atoms with Gasteiger partial charge in [-0.2, -0.15) is 0 Å². The Labute approximate surface area is 99.7 Å². The van der Waals surface area contributed by atoms with Gasteiger partial charge in [-0.1, -0.05) is 6.08 Å². The molecule has 0 aliphatic carbocycles. The van der Waals surface area contributed by atoms with Crippen molar-refractivity contribution in [3.8, 4) is 0 Å². The second-order valence-corrected chi connectivity index (χ2v) is 5.12. The molecule has 2 saturated heterocycles. The lowest BCUT2D eigenvalue weighted by Crippen LogP contribution is -2.50. The highest BCUT2D eigenvalue weighted by Gasteiger charge is 2.65. The van der Waals surface area contributed by atoms with E-state index in [1.54, 1.807) is 0 Å². The van der Waals surface area contributed by atoms with Crippen molar-refractivity contribution in [3.63, 3.8) is 0 Å². The molecule has 0 aromatic rings. The van der Waals surface area contributed by atoms with Crippen molar-refractivity contribution in [1.82, 2.24) is 0 Å². The van der Waals surface area contributed by atoms with Crippen molar-refractivity contribution in [2.24, 2.45) is 0 Å². The first-order valence-corrected chi connectivity index (χ1v) is 5.78. The molecule has 1 spiro atoms. The summed E-state index contributed by atoms with van der Waals surface area (Å²) >= 11 is 0. The number of ketones is 1. The average molecular weight is 240 g/mol. The second-order valence-electron chi connectivity index (χ2n) is 5.12. The molecule has 0 saturated carbocycles. The monoisotopic (exact) mass is 240 g/mol. The van der Waals surface area contributed by atoms with Crippen LogP contribution in [0.5, 0.6) is 0 Å². The predicted octanol–water partition coefficient (Wildman–Crippen LogP) is 0.777. The summed E-state index contributed by atoms with van der Waals surface area (Å²) in [6, 6.07) is 0. The molecule has 3 aliphatic rings. The fourth-order valence-electron chi connectivity index (χ4n) is 2.75. The molecule has 4 atom stereocenters. The summed E-state index contributed by atoms with van der Waals surface area (Å²) < 4.78 is 22.8. The molecule has 0 unspecified atom stereocenters. The molecule has 0 aromatic heterocycles. The third-order valence-electron chi connectivity index (χ3n) is 3.36. The Morgan fingerprint density at radius 1 is 1.35 bits per heavy atom. The minimum Gasteiger partial charge on any atom is -0.361 e. The molecule has 5 heteroatoms. The third kappa shape index (κ3) is 1.50. The molecular formula is C12H16O5. The maximum absolute atomic E-state index is 11.6.